The third-order valence-corrected chi connectivity index (χ3v) is 8.96. The molecule has 0 atom stereocenters. The number of carbonyl (C=O) groups excluding carboxylic acids is 1. The largest absolute Gasteiger partial charge is 0.443 e. The topological polar surface area (TPSA) is 142 Å². The van der Waals surface area contributed by atoms with E-state index >= 15 is 4.39 Å². The standard InChI is InChI=1S/C31H38FN7O3/c1-29(2)10-12-31(41,13-11-29)9-8-19-4-7-22-21(18-19)25(35-26-23(32)24(37-38-26)20-5-6-20)36-28(34-22)39-16-14-30(3,15-17-39)42-27(33)40/h4,7,18,20,41H,5-6,10-17H2,1-3H3,(H2,33,40)(H2,34,35,36,37,38). The lowest BCUT2D eigenvalue weighted by molar-refractivity contribution is 0.0125. The number of carbonyl (C=O) groups is 1. The number of rotatable bonds is 5. The fourth-order valence-electron chi connectivity index (χ4n) is 5.79. The molecule has 1 amide bonds. The van der Waals surface area contributed by atoms with Gasteiger partial charge in [0.05, 0.1) is 11.2 Å². The lowest BCUT2D eigenvalue weighted by Gasteiger charge is -2.38. The van der Waals surface area contributed by atoms with Crippen LogP contribution in [0.3, 0.4) is 0 Å². The van der Waals surface area contributed by atoms with Crippen LogP contribution in [0.4, 0.5) is 26.8 Å². The molecule has 0 spiro atoms. The minimum Gasteiger partial charge on any atom is -0.443 e. The van der Waals surface area contributed by atoms with Gasteiger partial charge in [0, 0.05) is 42.8 Å². The zero-order valence-corrected chi connectivity index (χ0v) is 24.4. The summed E-state index contributed by atoms with van der Waals surface area (Å²) >= 11 is 0. The third-order valence-electron chi connectivity index (χ3n) is 8.96. The number of aliphatic hydroxyl groups is 1. The molecule has 1 aromatic carbocycles. The van der Waals surface area contributed by atoms with Crippen molar-refractivity contribution in [3.05, 3.63) is 35.3 Å². The summed E-state index contributed by atoms with van der Waals surface area (Å²) in [4.78, 5) is 23.0. The molecule has 10 nitrogen and oxygen atoms in total. The van der Waals surface area contributed by atoms with E-state index in [-0.39, 0.29) is 17.2 Å². The highest BCUT2D eigenvalue weighted by atomic mass is 19.1. The summed E-state index contributed by atoms with van der Waals surface area (Å²) < 4.78 is 20.6. The van der Waals surface area contributed by atoms with Crippen molar-refractivity contribution in [1.82, 2.24) is 20.2 Å². The first-order chi connectivity index (χ1) is 19.9. The molecular formula is C31H38FN7O3. The number of hydrogen-bond donors (Lipinski definition) is 4. The summed E-state index contributed by atoms with van der Waals surface area (Å²) in [7, 11) is 0. The molecule has 42 heavy (non-hydrogen) atoms. The van der Waals surface area contributed by atoms with Crippen molar-refractivity contribution in [2.75, 3.05) is 23.3 Å². The first-order valence-corrected chi connectivity index (χ1v) is 14.7. The van der Waals surface area contributed by atoms with Crippen molar-refractivity contribution in [2.24, 2.45) is 11.1 Å². The Balaban J connectivity index is 1.32. The summed E-state index contributed by atoms with van der Waals surface area (Å²) in [6.07, 6.45) is 5.34. The predicted octanol–water partition coefficient (Wildman–Crippen LogP) is 5.25. The maximum atomic E-state index is 15.2. The van der Waals surface area contributed by atoms with Crippen LogP contribution in [0.1, 0.15) is 89.3 Å². The van der Waals surface area contributed by atoms with Crippen molar-refractivity contribution >= 4 is 34.6 Å². The number of hydrogen-bond acceptors (Lipinski definition) is 8. The fourth-order valence-corrected chi connectivity index (χ4v) is 5.79. The van der Waals surface area contributed by atoms with Crippen molar-refractivity contribution < 1.29 is 19.0 Å². The van der Waals surface area contributed by atoms with E-state index in [1.54, 1.807) is 0 Å². The molecule has 3 aliphatic rings. The first-order valence-electron chi connectivity index (χ1n) is 14.7. The highest BCUT2D eigenvalue weighted by Crippen LogP contribution is 2.42. The Hall–Kier alpha value is -3.91. The van der Waals surface area contributed by atoms with E-state index in [0.717, 1.165) is 25.7 Å². The van der Waals surface area contributed by atoms with Gasteiger partial charge in [0.2, 0.25) is 5.95 Å². The quantitative estimate of drug-likeness (QED) is 0.302. The van der Waals surface area contributed by atoms with E-state index < -0.39 is 23.1 Å². The van der Waals surface area contributed by atoms with E-state index in [9.17, 15) is 9.90 Å². The number of aromatic amines is 1. The van der Waals surface area contributed by atoms with Crippen molar-refractivity contribution in [2.45, 2.75) is 89.3 Å². The number of piperidine rings is 1. The van der Waals surface area contributed by atoms with Gasteiger partial charge in [-0.25, -0.2) is 14.2 Å². The molecule has 0 unspecified atom stereocenters. The second-order valence-corrected chi connectivity index (χ2v) is 13.1. The molecule has 1 aliphatic heterocycles. The number of nitrogens with one attached hydrogen (secondary N) is 2. The van der Waals surface area contributed by atoms with Gasteiger partial charge >= 0.3 is 6.09 Å². The maximum absolute atomic E-state index is 15.2. The summed E-state index contributed by atoms with van der Waals surface area (Å²) in [5.74, 6) is 7.02. The second kappa shape index (κ2) is 10.4. The lowest BCUT2D eigenvalue weighted by atomic mass is 9.71. The number of aromatic nitrogens is 4. The van der Waals surface area contributed by atoms with Gasteiger partial charge in [0.25, 0.3) is 0 Å². The Morgan fingerprint density at radius 3 is 2.50 bits per heavy atom. The number of nitrogens with zero attached hydrogens (tertiary/aromatic N) is 4. The molecule has 11 heteroatoms. The number of halogens is 1. The maximum Gasteiger partial charge on any atom is 0.405 e. The molecule has 2 aromatic heterocycles. The van der Waals surface area contributed by atoms with Crippen molar-refractivity contribution in [3.63, 3.8) is 0 Å². The van der Waals surface area contributed by atoms with Gasteiger partial charge in [-0.15, -0.1) is 0 Å². The number of benzene rings is 1. The number of fused-ring (bicyclic) bond motifs is 1. The van der Waals surface area contributed by atoms with Gasteiger partial charge in [0.1, 0.15) is 17.0 Å². The number of H-pyrrole nitrogens is 1. The van der Waals surface area contributed by atoms with Gasteiger partial charge in [-0.3, -0.25) is 5.10 Å². The van der Waals surface area contributed by atoms with E-state index in [2.05, 4.69) is 41.2 Å². The number of nitrogens with two attached hydrogens (primary N) is 1. The predicted molar refractivity (Wildman–Crippen MR) is 158 cm³/mol. The Labute approximate surface area is 244 Å². The second-order valence-electron chi connectivity index (χ2n) is 13.1. The van der Waals surface area contributed by atoms with Gasteiger partial charge in [-0.1, -0.05) is 25.7 Å². The van der Waals surface area contributed by atoms with Crippen LogP contribution in [0, 0.1) is 23.1 Å². The molecule has 2 aliphatic carbocycles. The molecule has 6 rings (SSSR count). The molecule has 2 saturated carbocycles. The van der Waals surface area contributed by atoms with Crippen LogP contribution < -0.4 is 16.0 Å². The molecular weight excluding hydrogens is 537 g/mol. The molecule has 222 valence electrons. The van der Waals surface area contributed by atoms with Gasteiger partial charge in [0.15, 0.2) is 11.6 Å². The zero-order valence-electron chi connectivity index (χ0n) is 24.4. The van der Waals surface area contributed by atoms with E-state index in [1.165, 1.54) is 0 Å². The summed E-state index contributed by atoms with van der Waals surface area (Å²) in [5.41, 5.74) is 5.70. The smallest absolute Gasteiger partial charge is 0.405 e. The Morgan fingerprint density at radius 2 is 1.83 bits per heavy atom. The minimum absolute atomic E-state index is 0.0829. The van der Waals surface area contributed by atoms with Crippen molar-refractivity contribution in [1.29, 1.82) is 0 Å². The molecule has 3 fully saturated rings. The van der Waals surface area contributed by atoms with Crippen LogP contribution in [0.15, 0.2) is 18.2 Å². The number of primary amides is 1. The molecule has 3 aromatic rings. The Morgan fingerprint density at radius 1 is 1.12 bits per heavy atom. The van der Waals surface area contributed by atoms with Gasteiger partial charge in [-0.2, -0.15) is 10.1 Å². The monoisotopic (exact) mass is 575 g/mol. The number of ether oxygens (including phenoxy) is 1. The van der Waals surface area contributed by atoms with Gasteiger partial charge in [-0.05, 0) is 69.1 Å². The zero-order chi connectivity index (χ0) is 29.7. The SMILES string of the molecule is CC1(C)CCC(O)(C#Cc2ccc3nc(N4CCC(C)(OC(N)=O)CC4)nc(Nc4n[nH]c(C5CC5)c4F)c3c2)CC1. The molecule has 1 saturated heterocycles. The van der Waals surface area contributed by atoms with Crippen LogP contribution in [0.5, 0.6) is 0 Å². The lowest BCUT2D eigenvalue weighted by Crippen LogP contribution is -2.46. The van der Waals surface area contributed by atoms with E-state index in [1.807, 2.05) is 30.0 Å². The molecule has 5 N–H and O–H groups in total. The van der Waals surface area contributed by atoms with E-state index in [0.29, 0.717) is 72.7 Å². The average molecular weight is 576 g/mol. The molecule has 3 heterocycles. The fraction of sp³-hybridized carbons (Fsp3) is 0.548. The van der Waals surface area contributed by atoms with Crippen LogP contribution in [0.2, 0.25) is 0 Å². The van der Waals surface area contributed by atoms with Crippen LogP contribution in [0.25, 0.3) is 10.9 Å². The van der Waals surface area contributed by atoms with Gasteiger partial charge < -0.3 is 25.8 Å². The first kappa shape index (κ1) is 28.2. The van der Waals surface area contributed by atoms with Crippen LogP contribution in [-0.2, 0) is 4.74 Å². The van der Waals surface area contributed by atoms with Crippen LogP contribution in [-0.4, -0.2) is 55.7 Å². The number of anilines is 3. The van der Waals surface area contributed by atoms with Crippen molar-refractivity contribution in [3.8, 4) is 11.8 Å². The minimum atomic E-state index is -1.01. The summed E-state index contributed by atoms with van der Waals surface area (Å²) in [5, 5.41) is 21.9. The Bertz CT molecular complexity index is 1570. The highest BCUT2D eigenvalue weighted by molar-refractivity contribution is 5.92. The third kappa shape index (κ3) is 6.00. The molecule has 0 bridgehead atoms. The number of amides is 1. The summed E-state index contributed by atoms with van der Waals surface area (Å²) in [6, 6.07) is 5.61. The normalized spacial score (nSPS) is 20.9. The average Bonchev–Trinajstić information content (AvgIpc) is 3.72. The van der Waals surface area contributed by atoms with E-state index in [4.69, 9.17) is 20.4 Å². The molecule has 0 radical (unpaired) electrons. The van der Waals surface area contributed by atoms with Crippen LogP contribution >= 0.6 is 0 Å². The summed E-state index contributed by atoms with van der Waals surface area (Å²) in [6.45, 7) is 7.42. The Kier molecular flexibility index (Phi) is 7.00. The highest BCUT2D eigenvalue weighted by Gasteiger charge is 2.36.